The van der Waals surface area contributed by atoms with E-state index >= 15 is 0 Å². The van der Waals surface area contributed by atoms with Crippen LogP contribution in [0.4, 0.5) is 10.8 Å². The predicted molar refractivity (Wildman–Crippen MR) is 112 cm³/mol. The molecule has 0 radical (unpaired) electrons. The third-order valence-electron chi connectivity index (χ3n) is 4.45. The minimum atomic E-state index is -1.51. The van der Waals surface area contributed by atoms with Crippen molar-refractivity contribution in [1.29, 1.82) is 0 Å². The highest BCUT2D eigenvalue weighted by Gasteiger charge is 2.30. The number of hydrogen-bond donors (Lipinski definition) is 4. The zero-order chi connectivity index (χ0) is 20.5. The second-order valence-electron chi connectivity index (χ2n) is 6.58. The number of rotatable bonds is 6. The molecule has 6 nitrogen and oxygen atoms in total. The van der Waals surface area contributed by atoms with E-state index in [1.807, 2.05) is 12.1 Å². The Morgan fingerprint density at radius 3 is 2.57 bits per heavy atom. The van der Waals surface area contributed by atoms with Gasteiger partial charge in [0.25, 0.3) is 5.91 Å². The molecule has 1 unspecified atom stereocenters. The summed E-state index contributed by atoms with van der Waals surface area (Å²) in [4.78, 5) is 17.1. The molecule has 2 heterocycles. The number of carbonyl (C=O) groups is 1. The molecule has 0 aliphatic heterocycles. The van der Waals surface area contributed by atoms with Crippen LogP contribution in [0.1, 0.15) is 29.9 Å². The van der Waals surface area contributed by atoms with E-state index in [0.29, 0.717) is 27.1 Å². The number of pyridine rings is 1. The number of halogens is 1. The van der Waals surface area contributed by atoms with E-state index in [4.69, 9.17) is 17.3 Å². The van der Waals surface area contributed by atoms with Gasteiger partial charge in [0, 0.05) is 9.90 Å². The Balaban J connectivity index is 1.96. The van der Waals surface area contributed by atoms with Gasteiger partial charge in [-0.15, -0.1) is 11.3 Å². The molecule has 8 heteroatoms. The minimum absolute atomic E-state index is 0.308. The molecule has 0 aliphatic carbocycles. The SMILES string of the molecule is CC(O)[C@@](C)(O)c1cccc(Nc2sc(-c3ccc(Cl)cc3)cc2C(N)=O)n1. The predicted octanol–water partition coefficient (Wildman–Crippen LogP) is 3.89. The number of benzene rings is 1. The summed E-state index contributed by atoms with van der Waals surface area (Å²) < 4.78 is 0. The second-order valence-corrected chi connectivity index (χ2v) is 8.07. The molecule has 2 aromatic heterocycles. The van der Waals surface area contributed by atoms with Gasteiger partial charge >= 0.3 is 0 Å². The Kier molecular flexibility index (Phi) is 5.71. The van der Waals surface area contributed by atoms with Crippen LogP contribution in [0.15, 0.2) is 48.5 Å². The number of aromatic nitrogens is 1. The standard InChI is InChI=1S/C20H20ClN3O3S/c1-11(25)20(2,27)16-4-3-5-17(23-16)24-19-14(18(22)26)10-15(28-19)12-6-8-13(21)9-7-12/h3-11,25,27H,1-2H3,(H2,22,26)(H,23,24)/t11?,20-/m1/s1. The van der Waals surface area contributed by atoms with Gasteiger partial charge in [0.2, 0.25) is 0 Å². The van der Waals surface area contributed by atoms with Crippen molar-refractivity contribution >= 4 is 39.7 Å². The molecular weight excluding hydrogens is 398 g/mol. The van der Waals surface area contributed by atoms with Crippen LogP contribution in [-0.4, -0.2) is 27.2 Å². The van der Waals surface area contributed by atoms with Gasteiger partial charge in [-0.05, 0) is 49.7 Å². The number of aliphatic hydroxyl groups is 2. The van der Waals surface area contributed by atoms with Crippen LogP contribution in [-0.2, 0) is 5.60 Å². The summed E-state index contributed by atoms with van der Waals surface area (Å²) in [6, 6.07) is 14.0. The third kappa shape index (κ3) is 4.18. The third-order valence-corrected chi connectivity index (χ3v) is 5.80. The molecule has 5 N–H and O–H groups in total. The Morgan fingerprint density at radius 2 is 1.96 bits per heavy atom. The van der Waals surface area contributed by atoms with Crippen LogP contribution >= 0.6 is 22.9 Å². The van der Waals surface area contributed by atoms with Crippen molar-refractivity contribution in [2.45, 2.75) is 25.6 Å². The van der Waals surface area contributed by atoms with E-state index in [-0.39, 0.29) is 0 Å². The number of anilines is 2. The van der Waals surface area contributed by atoms with Crippen LogP contribution in [0, 0.1) is 0 Å². The van der Waals surface area contributed by atoms with Crippen molar-refractivity contribution in [3.63, 3.8) is 0 Å². The van der Waals surface area contributed by atoms with Crippen LogP contribution in [0.3, 0.4) is 0 Å². The van der Waals surface area contributed by atoms with E-state index in [9.17, 15) is 15.0 Å². The first-order valence-electron chi connectivity index (χ1n) is 8.53. The zero-order valence-electron chi connectivity index (χ0n) is 15.3. The lowest BCUT2D eigenvalue weighted by molar-refractivity contribution is -0.0599. The Morgan fingerprint density at radius 1 is 1.29 bits per heavy atom. The second kappa shape index (κ2) is 7.89. The van der Waals surface area contributed by atoms with Gasteiger partial charge in [-0.1, -0.05) is 29.8 Å². The van der Waals surface area contributed by atoms with Crippen molar-refractivity contribution in [1.82, 2.24) is 4.98 Å². The number of nitrogens with two attached hydrogens (primary N) is 1. The highest BCUT2D eigenvalue weighted by molar-refractivity contribution is 7.19. The van der Waals surface area contributed by atoms with E-state index in [2.05, 4.69) is 10.3 Å². The lowest BCUT2D eigenvalue weighted by Gasteiger charge is -2.26. The number of hydrogen-bond acceptors (Lipinski definition) is 6. The molecule has 0 saturated heterocycles. The zero-order valence-corrected chi connectivity index (χ0v) is 16.9. The number of aliphatic hydroxyl groups excluding tert-OH is 1. The number of nitrogens with one attached hydrogen (secondary N) is 1. The van der Waals surface area contributed by atoms with Crippen LogP contribution in [0.5, 0.6) is 0 Å². The van der Waals surface area contributed by atoms with Gasteiger partial charge in [-0.2, -0.15) is 0 Å². The van der Waals surface area contributed by atoms with Gasteiger partial charge < -0.3 is 21.3 Å². The highest BCUT2D eigenvalue weighted by atomic mass is 35.5. The monoisotopic (exact) mass is 417 g/mol. The Bertz CT molecular complexity index is 1000. The van der Waals surface area contributed by atoms with Gasteiger partial charge in [-0.3, -0.25) is 4.79 Å². The molecule has 146 valence electrons. The lowest BCUT2D eigenvalue weighted by Crippen LogP contribution is -2.35. The highest BCUT2D eigenvalue weighted by Crippen LogP contribution is 2.37. The summed E-state index contributed by atoms with van der Waals surface area (Å²) in [5.74, 6) is -0.142. The first kappa shape index (κ1) is 20.3. The van der Waals surface area contributed by atoms with E-state index in [1.54, 1.807) is 36.4 Å². The number of amides is 1. The van der Waals surface area contributed by atoms with E-state index in [0.717, 1.165) is 10.4 Å². The first-order valence-corrected chi connectivity index (χ1v) is 9.72. The van der Waals surface area contributed by atoms with Crippen molar-refractivity contribution in [2.75, 3.05) is 5.32 Å². The van der Waals surface area contributed by atoms with Crippen molar-refractivity contribution < 1.29 is 15.0 Å². The number of nitrogens with zero attached hydrogens (tertiary/aromatic N) is 1. The summed E-state index contributed by atoms with van der Waals surface area (Å²) in [6.07, 6.45) is -1.00. The van der Waals surface area contributed by atoms with Gasteiger partial charge in [0.05, 0.1) is 17.4 Å². The molecule has 0 fully saturated rings. The molecule has 0 spiro atoms. The fourth-order valence-electron chi connectivity index (χ4n) is 2.54. The maximum absolute atomic E-state index is 11.9. The lowest BCUT2D eigenvalue weighted by atomic mass is 9.96. The molecular formula is C20H20ClN3O3S. The maximum Gasteiger partial charge on any atom is 0.251 e. The quantitative estimate of drug-likeness (QED) is 0.486. The summed E-state index contributed by atoms with van der Waals surface area (Å²) in [6.45, 7) is 2.98. The van der Waals surface area contributed by atoms with Crippen molar-refractivity contribution in [3.8, 4) is 10.4 Å². The molecule has 1 amide bonds. The largest absolute Gasteiger partial charge is 0.390 e. The summed E-state index contributed by atoms with van der Waals surface area (Å²) >= 11 is 7.29. The van der Waals surface area contributed by atoms with Crippen molar-refractivity contribution in [3.05, 3.63) is 64.8 Å². The van der Waals surface area contributed by atoms with E-state index < -0.39 is 17.6 Å². The average Bonchev–Trinajstić information content (AvgIpc) is 3.06. The summed E-state index contributed by atoms with van der Waals surface area (Å²) in [5, 5.41) is 24.5. The molecule has 0 saturated carbocycles. The van der Waals surface area contributed by atoms with Crippen LogP contribution in [0.25, 0.3) is 10.4 Å². The molecule has 0 aliphatic rings. The maximum atomic E-state index is 11.9. The smallest absolute Gasteiger partial charge is 0.251 e. The normalized spacial score (nSPS) is 14.3. The Labute approximate surface area is 171 Å². The van der Waals surface area contributed by atoms with Crippen LogP contribution in [0.2, 0.25) is 5.02 Å². The number of primary amides is 1. The molecule has 3 aromatic rings. The summed E-state index contributed by atoms with van der Waals surface area (Å²) in [7, 11) is 0. The summed E-state index contributed by atoms with van der Waals surface area (Å²) in [5.41, 5.74) is 5.58. The van der Waals surface area contributed by atoms with Gasteiger partial charge in [0.1, 0.15) is 16.4 Å². The molecule has 1 aromatic carbocycles. The van der Waals surface area contributed by atoms with E-state index in [1.165, 1.54) is 25.2 Å². The Hall–Kier alpha value is -2.45. The number of thiophene rings is 1. The molecule has 3 rings (SSSR count). The molecule has 2 atom stereocenters. The van der Waals surface area contributed by atoms with Gasteiger partial charge in [0.15, 0.2) is 0 Å². The molecule has 28 heavy (non-hydrogen) atoms. The fourth-order valence-corrected chi connectivity index (χ4v) is 3.74. The molecule has 0 bridgehead atoms. The number of carbonyl (C=O) groups excluding carboxylic acids is 1. The van der Waals surface area contributed by atoms with Crippen LogP contribution < -0.4 is 11.1 Å². The van der Waals surface area contributed by atoms with Crippen molar-refractivity contribution in [2.24, 2.45) is 5.73 Å². The minimum Gasteiger partial charge on any atom is -0.390 e. The average molecular weight is 418 g/mol. The fraction of sp³-hybridized carbons (Fsp3) is 0.200. The first-order chi connectivity index (χ1) is 13.2. The van der Waals surface area contributed by atoms with Gasteiger partial charge in [-0.25, -0.2) is 4.98 Å². The topological polar surface area (TPSA) is 108 Å².